The second kappa shape index (κ2) is 5.41. The van der Waals surface area contributed by atoms with E-state index in [-0.39, 0.29) is 25.3 Å². The largest absolute Gasteiger partial charge is 0.479 e. The lowest BCUT2D eigenvalue weighted by Crippen LogP contribution is -2.45. The summed E-state index contributed by atoms with van der Waals surface area (Å²) in [6, 6.07) is 3.98. The van der Waals surface area contributed by atoms with Crippen molar-refractivity contribution in [1.82, 2.24) is 4.90 Å². The standard InChI is InChI=1S/C12H13F2NO3/c13-9-3-1-2-8(11(9)14)6-15-4-5-18-10(7-15)12(16)17/h1-3,10H,4-7H2,(H,16,17). The van der Waals surface area contributed by atoms with Crippen molar-refractivity contribution in [1.29, 1.82) is 0 Å². The number of halogens is 2. The van der Waals surface area contributed by atoms with E-state index in [9.17, 15) is 13.6 Å². The molecule has 1 N–H and O–H groups in total. The van der Waals surface area contributed by atoms with Gasteiger partial charge in [-0.1, -0.05) is 12.1 Å². The number of nitrogens with zero attached hydrogens (tertiary/aromatic N) is 1. The second-order valence-corrected chi connectivity index (χ2v) is 4.15. The molecule has 0 radical (unpaired) electrons. The summed E-state index contributed by atoms with van der Waals surface area (Å²) >= 11 is 0. The van der Waals surface area contributed by atoms with Crippen LogP contribution in [0.5, 0.6) is 0 Å². The summed E-state index contributed by atoms with van der Waals surface area (Å²) < 4.78 is 31.5. The third kappa shape index (κ3) is 2.83. The minimum atomic E-state index is -1.04. The van der Waals surface area contributed by atoms with Gasteiger partial charge in [0.2, 0.25) is 0 Å². The highest BCUT2D eigenvalue weighted by Gasteiger charge is 2.26. The summed E-state index contributed by atoms with van der Waals surface area (Å²) in [5.74, 6) is -2.81. The van der Waals surface area contributed by atoms with Gasteiger partial charge in [-0.3, -0.25) is 4.90 Å². The van der Waals surface area contributed by atoms with Crippen molar-refractivity contribution in [2.24, 2.45) is 0 Å². The Labute approximate surface area is 103 Å². The van der Waals surface area contributed by atoms with E-state index in [1.54, 1.807) is 4.90 Å². The van der Waals surface area contributed by atoms with Crippen LogP contribution in [0.4, 0.5) is 8.78 Å². The lowest BCUT2D eigenvalue weighted by atomic mass is 10.1. The van der Waals surface area contributed by atoms with Gasteiger partial charge in [0, 0.05) is 25.2 Å². The number of hydrogen-bond donors (Lipinski definition) is 1. The van der Waals surface area contributed by atoms with Crippen LogP contribution in [0.25, 0.3) is 0 Å². The van der Waals surface area contributed by atoms with Gasteiger partial charge in [0.15, 0.2) is 17.7 Å². The maximum absolute atomic E-state index is 13.5. The molecule has 1 heterocycles. The molecule has 0 spiro atoms. The van der Waals surface area contributed by atoms with Gasteiger partial charge in [0.1, 0.15) is 0 Å². The van der Waals surface area contributed by atoms with E-state index in [4.69, 9.17) is 9.84 Å². The molecule has 1 aromatic carbocycles. The molecule has 18 heavy (non-hydrogen) atoms. The highest BCUT2D eigenvalue weighted by molar-refractivity contribution is 5.72. The van der Waals surface area contributed by atoms with E-state index >= 15 is 0 Å². The lowest BCUT2D eigenvalue weighted by molar-refractivity contribution is -0.156. The average molecular weight is 257 g/mol. The molecule has 6 heteroatoms. The topological polar surface area (TPSA) is 49.8 Å². The molecule has 1 unspecified atom stereocenters. The fourth-order valence-corrected chi connectivity index (χ4v) is 1.91. The highest BCUT2D eigenvalue weighted by atomic mass is 19.2. The first kappa shape index (κ1) is 12.9. The zero-order valence-electron chi connectivity index (χ0n) is 9.60. The molecule has 1 aliphatic heterocycles. The predicted molar refractivity (Wildman–Crippen MR) is 59.0 cm³/mol. The van der Waals surface area contributed by atoms with E-state index in [1.807, 2.05) is 0 Å². The van der Waals surface area contributed by atoms with Crippen molar-refractivity contribution in [2.75, 3.05) is 19.7 Å². The van der Waals surface area contributed by atoms with Gasteiger partial charge in [-0.15, -0.1) is 0 Å². The number of ether oxygens (including phenoxy) is 1. The number of carboxylic acids is 1. The third-order valence-electron chi connectivity index (χ3n) is 2.85. The molecule has 1 fully saturated rings. The van der Waals surface area contributed by atoms with Crippen LogP contribution in [0.1, 0.15) is 5.56 Å². The van der Waals surface area contributed by atoms with Crippen LogP contribution in [-0.4, -0.2) is 41.8 Å². The molecule has 2 rings (SSSR count). The van der Waals surface area contributed by atoms with Crippen molar-refractivity contribution in [3.05, 3.63) is 35.4 Å². The Morgan fingerprint density at radius 3 is 3.00 bits per heavy atom. The third-order valence-corrected chi connectivity index (χ3v) is 2.85. The monoisotopic (exact) mass is 257 g/mol. The summed E-state index contributed by atoms with van der Waals surface area (Å²) in [5.41, 5.74) is 0.223. The minimum absolute atomic E-state index is 0.172. The van der Waals surface area contributed by atoms with Gasteiger partial charge < -0.3 is 9.84 Å². The Morgan fingerprint density at radius 2 is 2.28 bits per heavy atom. The van der Waals surface area contributed by atoms with E-state index in [0.29, 0.717) is 6.54 Å². The molecule has 1 aromatic rings. The fraction of sp³-hybridized carbons (Fsp3) is 0.417. The fourth-order valence-electron chi connectivity index (χ4n) is 1.91. The SMILES string of the molecule is O=C(O)C1CN(Cc2cccc(F)c2F)CCO1. The number of hydrogen-bond acceptors (Lipinski definition) is 3. The van der Waals surface area contributed by atoms with Crippen molar-refractivity contribution >= 4 is 5.97 Å². The number of carboxylic acid groups (broad SMARTS) is 1. The summed E-state index contributed by atoms with van der Waals surface area (Å²) in [6.45, 7) is 1.12. The van der Waals surface area contributed by atoms with E-state index in [0.717, 1.165) is 6.07 Å². The molecule has 0 aromatic heterocycles. The smallest absolute Gasteiger partial charge is 0.334 e. The minimum Gasteiger partial charge on any atom is -0.479 e. The zero-order valence-corrected chi connectivity index (χ0v) is 9.60. The molecular weight excluding hydrogens is 244 g/mol. The van der Waals surface area contributed by atoms with Crippen LogP contribution >= 0.6 is 0 Å². The number of carbonyl (C=O) groups is 1. The Hall–Kier alpha value is -1.53. The zero-order chi connectivity index (χ0) is 13.1. The van der Waals surface area contributed by atoms with Crippen LogP contribution in [0, 0.1) is 11.6 Å². The molecule has 1 atom stereocenters. The Kier molecular flexibility index (Phi) is 3.88. The first-order chi connectivity index (χ1) is 8.58. The second-order valence-electron chi connectivity index (χ2n) is 4.15. The van der Waals surface area contributed by atoms with Crippen LogP contribution in [0.3, 0.4) is 0 Å². The van der Waals surface area contributed by atoms with Gasteiger partial charge in [0.25, 0.3) is 0 Å². The van der Waals surface area contributed by atoms with Gasteiger partial charge in [-0.2, -0.15) is 0 Å². The van der Waals surface area contributed by atoms with Crippen molar-refractivity contribution in [2.45, 2.75) is 12.6 Å². The molecule has 4 nitrogen and oxygen atoms in total. The molecule has 0 bridgehead atoms. The molecular formula is C12H13F2NO3. The van der Waals surface area contributed by atoms with Crippen LogP contribution in [-0.2, 0) is 16.1 Å². The lowest BCUT2D eigenvalue weighted by Gasteiger charge is -2.30. The van der Waals surface area contributed by atoms with Crippen LogP contribution in [0.2, 0.25) is 0 Å². The first-order valence-electron chi connectivity index (χ1n) is 5.57. The molecule has 1 aliphatic rings. The normalized spacial score (nSPS) is 20.9. The van der Waals surface area contributed by atoms with Crippen molar-refractivity contribution < 1.29 is 23.4 Å². The van der Waals surface area contributed by atoms with Crippen LogP contribution < -0.4 is 0 Å². The molecule has 0 saturated carbocycles. The average Bonchev–Trinajstić information content (AvgIpc) is 2.35. The Balaban J connectivity index is 2.05. The van der Waals surface area contributed by atoms with Gasteiger partial charge in [-0.25, -0.2) is 13.6 Å². The van der Waals surface area contributed by atoms with Crippen LogP contribution in [0.15, 0.2) is 18.2 Å². The van der Waals surface area contributed by atoms with E-state index in [2.05, 4.69) is 0 Å². The predicted octanol–water partition coefficient (Wildman–Crippen LogP) is 1.25. The molecule has 0 amide bonds. The summed E-state index contributed by atoms with van der Waals surface area (Å²) in [5, 5.41) is 8.84. The number of rotatable bonds is 3. The Morgan fingerprint density at radius 1 is 1.50 bits per heavy atom. The number of morpholine rings is 1. The van der Waals surface area contributed by atoms with Crippen molar-refractivity contribution in [3.8, 4) is 0 Å². The molecule has 1 saturated heterocycles. The maximum Gasteiger partial charge on any atom is 0.334 e. The molecule has 0 aliphatic carbocycles. The van der Waals surface area contributed by atoms with E-state index in [1.165, 1.54) is 12.1 Å². The summed E-state index contributed by atoms with van der Waals surface area (Å²) in [6.07, 6.45) is -0.907. The highest BCUT2D eigenvalue weighted by Crippen LogP contribution is 2.15. The Bertz CT molecular complexity index is 453. The van der Waals surface area contributed by atoms with Crippen molar-refractivity contribution in [3.63, 3.8) is 0 Å². The summed E-state index contributed by atoms with van der Waals surface area (Å²) in [4.78, 5) is 12.5. The van der Waals surface area contributed by atoms with Gasteiger partial charge >= 0.3 is 5.97 Å². The first-order valence-corrected chi connectivity index (χ1v) is 5.57. The van der Waals surface area contributed by atoms with Gasteiger partial charge in [0.05, 0.1) is 6.61 Å². The number of aliphatic carboxylic acids is 1. The summed E-state index contributed by atoms with van der Waals surface area (Å²) in [7, 11) is 0. The van der Waals surface area contributed by atoms with Gasteiger partial charge in [-0.05, 0) is 6.07 Å². The molecule has 98 valence electrons. The quantitative estimate of drug-likeness (QED) is 0.885. The number of benzene rings is 1. The van der Waals surface area contributed by atoms with E-state index < -0.39 is 23.7 Å². The maximum atomic E-state index is 13.5.